The van der Waals surface area contributed by atoms with E-state index in [1.807, 2.05) is 0 Å². The van der Waals surface area contributed by atoms with Gasteiger partial charge in [0.25, 0.3) is 5.89 Å². The molecule has 0 fully saturated rings. The van der Waals surface area contributed by atoms with Crippen LogP contribution in [0.5, 0.6) is 17.2 Å². The van der Waals surface area contributed by atoms with Gasteiger partial charge in [0.1, 0.15) is 16.3 Å². The number of nitrogens with two attached hydrogens (primary N) is 1. The van der Waals surface area contributed by atoms with Crippen molar-refractivity contribution in [1.82, 2.24) is 15.1 Å². The van der Waals surface area contributed by atoms with E-state index in [-0.39, 0.29) is 33.3 Å². The second-order valence-corrected chi connectivity index (χ2v) is 10.9. The van der Waals surface area contributed by atoms with Crippen molar-refractivity contribution < 1.29 is 28.3 Å². The predicted octanol–water partition coefficient (Wildman–Crippen LogP) is 6.87. The van der Waals surface area contributed by atoms with Gasteiger partial charge in [0.05, 0.1) is 37.1 Å². The minimum atomic E-state index is -0.692. The highest BCUT2D eigenvalue weighted by Gasteiger charge is 2.22. The zero-order chi connectivity index (χ0) is 29.2. The minimum Gasteiger partial charge on any atom is -0.493 e. The lowest BCUT2D eigenvalue weighted by Crippen LogP contribution is -2.27. The fourth-order valence-corrected chi connectivity index (χ4v) is 4.81. The number of carbonyl (C=O) groups is 1. The van der Waals surface area contributed by atoms with Crippen molar-refractivity contribution in [1.29, 1.82) is 0 Å². The standard InChI is InChI=1S/C25H26Cl2N6O6S/c1-25(2,3)38-24(34)30-15-9-12(13(26)10-14(15)27)21-32-22(39-33-21)19-20(28)31-23(40-19)29-11-7-16(35-4)18(37-6)17(8-11)36-5/h7-10H,28H2,1-6H3,(H,29,31)(H,30,34). The molecule has 0 aliphatic heterocycles. The third-order valence-electron chi connectivity index (χ3n) is 5.12. The van der Waals surface area contributed by atoms with Gasteiger partial charge in [-0.2, -0.15) is 4.98 Å². The number of benzene rings is 2. The van der Waals surface area contributed by atoms with Gasteiger partial charge >= 0.3 is 6.09 Å². The predicted molar refractivity (Wildman–Crippen MR) is 155 cm³/mol. The molecule has 15 heteroatoms. The number of rotatable bonds is 8. The molecule has 4 aromatic rings. The Bertz CT molecular complexity index is 1530. The molecular weight excluding hydrogens is 583 g/mol. The summed E-state index contributed by atoms with van der Waals surface area (Å²) in [7, 11) is 4.57. The number of aromatic nitrogens is 3. The van der Waals surface area contributed by atoms with Gasteiger partial charge < -0.3 is 34.5 Å². The molecule has 0 unspecified atom stereocenters. The molecule has 4 N–H and O–H groups in total. The van der Waals surface area contributed by atoms with Crippen molar-refractivity contribution in [2.45, 2.75) is 26.4 Å². The number of nitrogens with zero attached hydrogens (tertiary/aromatic N) is 3. The van der Waals surface area contributed by atoms with Crippen LogP contribution in [0.3, 0.4) is 0 Å². The highest BCUT2D eigenvalue weighted by Crippen LogP contribution is 2.42. The first kappa shape index (κ1) is 29.1. The van der Waals surface area contributed by atoms with Gasteiger partial charge in [-0.25, -0.2) is 9.78 Å². The molecule has 212 valence electrons. The Hall–Kier alpha value is -3.94. The van der Waals surface area contributed by atoms with E-state index in [0.29, 0.717) is 38.5 Å². The number of hydrogen-bond acceptors (Lipinski definition) is 12. The number of amides is 1. The normalized spacial score (nSPS) is 11.2. The van der Waals surface area contributed by atoms with E-state index >= 15 is 0 Å². The molecule has 0 aliphatic carbocycles. The Labute approximate surface area is 243 Å². The first-order valence-corrected chi connectivity index (χ1v) is 13.2. The molecule has 0 aliphatic rings. The maximum Gasteiger partial charge on any atom is 0.412 e. The number of halogens is 2. The van der Waals surface area contributed by atoms with Crippen molar-refractivity contribution >= 4 is 63.0 Å². The summed E-state index contributed by atoms with van der Waals surface area (Å²) in [5.41, 5.74) is 6.73. The number of methoxy groups -OCH3 is 3. The van der Waals surface area contributed by atoms with Crippen molar-refractivity contribution in [2.75, 3.05) is 37.7 Å². The first-order chi connectivity index (χ1) is 18.9. The van der Waals surface area contributed by atoms with E-state index in [2.05, 4.69) is 25.8 Å². The Morgan fingerprint density at radius 3 is 2.27 bits per heavy atom. The van der Waals surface area contributed by atoms with E-state index < -0.39 is 11.7 Å². The van der Waals surface area contributed by atoms with Gasteiger partial charge in [0, 0.05) is 23.4 Å². The van der Waals surface area contributed by atoms with Gasteiger partial charge in [-0.05, 0) is 32.9 Å². The van der Waals surface area contributed by atoms with Gasteiger partial charge in [-0.1, -0.05) is 39.7 Å². The fourth-order valence-electron chi connectivity index (χ4n) is 3.47. The Morgan fingerprint density at radius 2 is 1.68 bits per heavy atom. The van der Waals surface area contributed by atoms with Crippen LogP contribution in [0.4, 0.5) is 27.1 Å². The van der Waals surface area contributed by atoms with Crippen LogP contribution in [0.1, 0.15) is 20.8 Å². The zero-order valence-electron chi connectivity index (χ0n) is 22.3. The summed E-state index contributed by atoms with van der Waals surface area (Å²) in [6.07, 6.45) is -0.680. The smallest absolute Gasteiger partial charge is 0.412 e. The van der Waals surface area contributed by atoms with E-state index in [1.165, 1.54) is 44.8 Å². The summed E-state index contributed by atoms with van der Waals surface area (Å²) in [6, 6.07) is 6.45. The quantitative estimate of drug-likeness (QED) is 0.192. The molecule has 2 aromatic carbocycles. The molecule has 0 bridgehead atoms. The molecule has 2 heterocycles. The van der Waals surface area contributed by atoms with Crippen LogP contribution in [0.2, 0.25) is 10.0 Å². The van der Waals surface area contributed by atoms with Crippen molar-refractivity contribution in [3.63, 3.8) is 0 Å². The molecule has 0 spiro atoms. The van der Waals surface area contributed by atoms with Crippen LogP contribution in [0.15, 0.2) is 28.8 Å². The molecule has 4 rings (SSSR count). The molecule has 2 aromatic heterocycles. The van der Waals surface area contributed by atoms with Crippen LogP contribution in [-0.4, -0.2) is 48.1 Å². The number of hydrogen-bond donors (Lipinski definition) is 3. The molecule has 0 saturated carbocycles. The van der Waals surface area contributed by atoms with Gasteiger partial charge in [0.2, 0.25) is 11.6 Å². The van der Waals surface area contributed by atoms with Crippen LogP contribution >= 0.6 is 34.5 Å². The third-order valence-corrected chi connectivity index (χ3v) is 6.72. The number of anilines is 4. The SMILES string of the molecule is COc1cc(Nc2nc(N)c(-c3nc(-c4cc(NC(=O)OC(C)(C)C)c(Cl)cc4Cl)no3)s2)cc(OC)c1OC. The fraction of sp³-hybridized carbons (Fsp3) is 0.280. The molecule has 12 nitrogen and oxygen atoms in total. The number of thiazole rings is 1. The van der Waals surface area contributed by atoms with E-state index in [4.69, 9.17) is 52.4 Å². The third kappa shape index (κ3) is 6.43. The number of carbonyl (C=O) groups excluding carboxylic acids is 1. The van der Waals surface area contributed by atoms with E-state index in [0.717, 1.165) is 0 Å². The van der Waals surface area contributed by atoms with Crippen molar-refractivity contribution in [2.24, 2.45) is 0 Å². The van der Waals surface area contributed by atoms with Crippen molar-refractivity contribution in [3.8, 4) is 39.4 Å². The number of ether oxygens (including phenoxy) is 4. The monoisotopic (exact) mass is 608 g/mol. The summed E-state index contributed by atoms with van der Waals surface area (Å²) in [5, 5.41) is 10.7. The second kappa shape index (κ2) is 11.7. The largest absolute Gasteiger partial charge is 0.493 e. The average Bonchev–Trinajstić information content (AvgIpc) is 3.50. The molecule has 0 saturated heterocycles. The number of nitrogens with one attached hydrogen (secondary N) is 2. The van der Waals surface area contributed by atoms with Gasteiger partial charge in [0.15, 0.2) is 16.6 Å². The lowest BCUT2D eigenvalue weighted by atomic mass is 10.2. The number of nitrogen functional groups attached to an aromatic ring is 1. The summed E-state index contributed by atoms with van der Waals surface area (Å²) in [6.45, 7) is 5.25. The van der Waals surface area contributed by atoms with Crippen LogP contribution in [0.25, 0.3) is 22.2 Å². The second-order valence-electron chi connectivity index (χ2n) is 9.13. The minimum absolute atomic E-state index is 0.121. The molecular formula is C25H26Cl2N6O6S. The van der Waals surface area contributed by atoms with Crippen LogP contribution < -0.4 is 30.6 Å². The maximum atomic E-state index is 12.3. The lowest BCUT2D eigenvalue weighted by Gasteiger charge is -2.20. The Balaban J connectivity index is 1.60. The molecule has 0 radical (unpaired) electrons. The highest BCUT2D eigenvalue weighted by molar-refractivity contribution is 7.19. The topological polar surface area (TPSA) is 156 Å². The molecule has 1 amide bonds. The van der Waals surface area contributed by atoms with Crippen molar-refractivity contribution in [3.05, 3.63) is 34.3 Å². The lowest BCUT2D eigenvalue weighted by molar-refractivity contribution is 0.0636. The van der Waals surface area contributed by atoms with Crippen LogP contribution in [-0.2, 0) is 4.74 Å². The van der Waals surface area contributed by atoms with E-state index in [9.17, 15) is 4.79 Å². The molecule has 40 heavy (non-hydrogen) atoms. The summed E-state index contributed by atoms with van der Waals surface area (Å²) in [5.74, 6) is 1.83. The maximum absolute atomic E-state index is 12.3. The van der Waals surface area contributed by atoms with Gasteiger partial charge in [-0.3, -0.25) is 5.32 Å². The average molecular weight is 609 g/mol. The Morgan fingerprint density at radius 1 is 1.00 bits per heavy atom. The Kier molecular flexibility index (Phi) is 8.47. The van der Waals surface area contributed by atoms with Crippen LogP contribution in [0, 0.1) is 0 Å². The zero-order valence-corrected chi connectivity index (χ0v) is 24.7. The summed E-state index contributed by atoms with van der Waals surface area (Å²) < 4.78 is 26.9. The highest BCUT2D eigenvalue weighted by atomic mass is 35.5. The summed E-state index contributed by atoms with van der Waals surface area (Å²) in [4.78, 5) is 21.5. The van der Waals surface area contributed by atoms with Gasteiger partial charge in [-0.15, -0.1) is 0 Å². The first-order valence-electron chi connectivity index (χ1n) is 11.6. The summed E-state index contributed by atoms with van der Waals surface area (Å²) >= 11 is 13.9. The van der Waals surface area contributed by atoms with E-state index in [1.54, 1.807) is 32.9 Å². The molecule has 0 atom stereocenters.